The Labute approximate surface area is 211 Å². The van der Waals surface area contributed by atoms with Gasteiger partial charge in [-0.15, -0.1) is 0 Å². The summed E-state index contributed by atoms with van der Waals surface area (Å²) in [5, 5.41) is 0. The van der Waals surface area contributed by atoms with Crippen LogP contribution in [-0.4, -0.2) is 34.2 Å². The first-order valence-electron chi connectivity index (χ1n) is 11.8. The molecule has 0 heterocycles. The van der Waals surface area contributed by atoms with Crippen molar-refractivity contribution < 1.29 is 23.7 Å². The van der Waals surface area contributed by atoms with Crippen LogP contribution in [0.4, 0.5) is 0 Å². The van der Waals surface area contributed by atoms with Crippen molar-refractivity contribution in [3.05, 3.63) is 107 Å². The van der Waals surface area contributed by atoms with Gasteiger partial charge < -0.3 is 18.9 Å². The number of ketones is 1. The Morgan fingerprint density at radius 2 is 1.14 bits per heavy atom. The molecule has 182 valence electrons. The lowest BCUT2D eigenvalue weighted by molar-refractivity contribution is 0.0968. The minimum atomic E-state index is -0.479. The largest absolute Gasteiger partial charge is 0.497 e. The van der Waals surface area contributed by atoms with Gasteiger partial charge in [0, 0.05) is 29.2 Å². The second-order valence-electron chi connectivity index (χ2n) is 8.74. The molecule has 0 bridgehead atoms. The number of carbonyl (C=O) groups is 1. The van der Waals surface area contributed by atoms with Crippen LogP contribution in [0.1, 0.15) is 38.9 Å². The third-order valence-electron chi connectivity index (χ3n) is 6.87. The average Bonchev–Trinajstić information content (AvgIpc) is 3.24. The fraction of sp³-hybridized carbons (Fsp3) is 0.194. The first-order valence-corrected chi connectivity index (χ1v) is 11.8. The lowest BCUT2D eigenvalue weighted by Crippen LogP contribution is -2.13. The highest BCUT2D eigenvalue weighted by molar-refractivity contribution is 6.08. The van der Waals surface area contributed by atoms with Gasteiger partial charge in [0.25, 0.3) is 0 Å². The molecule has 5 nitrogen and oxygen atoms in total. The zero-order valence-electron chi connectivity index (χ0n) is 20.8. The van der Waals surface area contributed by atoms with Gasteiger partial charge in [-0.1, -0.05) is 54.6 Å². The van der Waals surface area contributed by atoms with E-state index in [0.717, 1.165) is 27.8 Å². The van der Waals surface area contributed by atoms with Gasteiger partial charge in [0.05, 0.1) is 34.4 Å². The maximum Gasteiger partial charge on any atom is 0.171 e. The van der Waals surface area contributed by atoms with Gasteiger partial charge >= 0.3 is 0 Å². The summed E-state index contributed by atoms with van der Waals surface area (Å²) in [7, 11) is 6.43. The standard InChI is InChI=1S/C31H28O5/c1-33-23-14-22(15-24(16-23)34-2)29-28(21-12-10-20(11-13-21)19-8-6-5-7-9-19)30-26(31(29)32)17-25(35-3)18-27(30)36-4/h5-18,28-29H,1-4H3/t28-,29-/m0/s1. The van der Waals surface area contributed by atoms with E-state index < -0.39 is 5.92 Å². The Kier molecular flexibility index (Phi) is 6.38. The van der Waals surface area contributed by atoms with Gasteiger partial charge in [-0.3, -0.25) is 4.79 Å². The summed E-state index contributed by atoms with van der Waals surface area (Å²) in [5.74, 6) is 1.76. The Balaban J connectivity index is 1.69. The van der Waals surface area contributed by atoms with Gasteiger partial charge in [0.1, 0.15) is 23.0 Å². The van der Waals surface area contributed by atoms with Gasteiger partial charge in [-0.05, 0) is 40.5 Å². The molecule has 4 aromatic rings. The first kappa shape index (κ1) is 23.5. The molecule has 5 heteroatoms. The van der Waals surface area contributed by atoms with E-state index in [0.29, 0.717) is 28.6 Å². The van der Waals surface area contributed by atoms with E-state index in [1.54, 1.807) is 28.4 Å². The molecule has 1 aliphatic rings. The third-order valence-corrected chi connectivity index (χ3v) is 6.87. The fourth-order valence-corrected chi connectivity index (χ4v) is 5.12. The van der Waals surface area contributed by atoms with Crippen molar-refractivity contribution in [3.8, 4) is 34.1 Å². The summed E-state index contributed by atoms with van der Waals surface area (Å²) >= 11 is 0. The predicted molar refractivity (Wildman–Crippen MR) is 140 cm³/mol. The summed E-state index contributed by atoms with van der Waals surface area (Å²) in [6.45, 7) is 0. The minimum Gasteiger partial charge on any atom is -0.497 e. The minimum absolute atomic E-state index is 0.00893. The van der Waals surface area contributed by atoms with Crippen molar-refractivity contribution in [2.45, 2.75) is 11.8 Å². The summed E-state index contributed by atoms with van der Waals surface area (Å²) in [6.07, 6.45) is 0. The summed E-state index contributed by atoms with van der Waals surface area (Å²) in [5.41, 5.74) is 5.58. The highest BCUT2D eigenvalue weighted by Gasteiger charge is 2.44. The summed E-state index contributed by atoms with van der Waals surface area (Å²) in [6, 6.07) is 27.9. The topological polar surface area (TPSA) is 54.0 Å². The predicted octanol–water partition coefficient (Wildman–Crippen LogP) is 6.50. The van der Waals surface area contributed by atoms with Crippen LogP contribution in [0.3, 0.4) is 0 Å². The number of benzene rings is 4. The van der Waals surface area contributed by atoms with Crippen molar-refractivity contribution in [2.24, 2.45) is 0 Å². The van der Waals surface area contributed by atoms with Crippen LogP contribution in [0.15, 0.2) is 84.9 Å². The molecule has 4 aromatic carbocycles. The number of hydrogen-bond donors (Lipinski definition) is 0. The maximum atomic E-state index is 14.0. The van der Waals surface area contributed by atoms with Gasteiger partial charge in [-0.25, -0.2) is 0 Å². The Hall–Kier alpha value is -4.25. The van der Waals surface area contributed by atoms with Crippen LogP contribution in [0, 0.1) is 0 Å². The van der Waals surface area contributed by atoms with Crippen LogP contribution in [-0.2, 0) is 0 Å². The van der Waals surface area contributed by atoms with Crippen molar-refractivity contribution in [2.75, 3.05) is 28.4 Å². The van der Waals surface area contributed by atoms with Gasteiger partial charge in [0.15, 0.2) is 5.78 Å². The second kappa shape index (κ2) is 9.78. The number of hydrogen-bond acceptors (Lipinski definition) is 5. The van der Waals surface area contributed by atoms with Crippen LogP contribution < -0.4 is 18.9 Å². The van der Waals surface area contributed by atoms with E-state index in [1.165, 1.54) is 0 Å². The highest BCUT2D eigenvalue weighted by Crippen LogP contribution is 2.53. The number of ether oxygens (including phenoxy) is 4. The number of carbonyl (C=O) groups excluding carboxylic acids is 1. The molecular formula is C31H28O5. The smallest absolute Gasteiger partial charge is 0.171 e. The Morgan fingerprint density at radius 1 is 0.556 bits per heavy atom. The monoisotopic (exact) mass is 480 g/mol. The lowest BCUT2D eigenvalue weighted by atomic mass is 9.80. The number of rotatable bonds is 7. The van der Waals surface area contributed by atoms with Crippen LogP contribution >= 0.6 is 0 Å². The van der Waals surface area contributed by atoms with Crippen LogP contribution in [0.2, 0.25) is 0 Å². The molecule has 0 fully saturated rings. The first-order chi connectivity index (χ1) is 17.6. The SMILES string of the molecule is COc1cc(OC)cc([C@@H]2C(=O)c3cc(OC)cc(OC)c3[C@H]2c2ccc(-c3ccccc3)cc2)c1. The average molecular weight is 481 g/mol. The molecule has 0 radical (unpaired) electrons. The highest BCUT2D eigenvalue weighted by atomic mass is 16.5. The molecule has 0 aliphatic heterocycles. The number of fused-ring (bicyclic) bond motifs is 1. The fourth-order valence-electron chi connectivity index (χ4n) is 5.12. The van der Waals surface area contributed by atoms with Crippen molar-refractivity contribution >= 4 is 5.78 Å². The zero-order chi connectivity index (χ0) is 25.2. The van der Waals surface area contributed by atoms with Gasteiger partial charge in [-0.2, -0.15) is 0 Å². The summed E-state index contributed by atoms with van der Waals surface area (Å²) < 4.78 is 22.3. The Bertz CT molecular complexity index is 1370. The van der Waals surface area contributed by atoms with E-state index in [-0.39, 0.29) is 11.7 Å². The molecule has 0 amide bonds. The van der Waals surface area contributed by atoms with Crippen molar-refractivity contribution in [3.63, 3.8) is 0 Å². The van der Waals surface area contributed by atoms with Gasteiger partial charge in [0.2, 0.25) is 0 Å². The van der Waals surface area contributed by atoms with Crippen molar-refractivity contribution in [1.82, 2.24) is 0 Å². The van der Waals surface area contributed by atoms with E-state index in [2.05, 4.69) is 36.4 Å². The maximum absolute atomic E-state index is 14.0. The number of Topliss-reactive ketones (excluding diaryl/α,β-unsaturated/α-hetero) is 1. The van der Waals surface area contributed by atoms with E-state index >= 15 is 0 Å². The lowest BCUT2D eigenvalue weighted by Gasteiger charge is -2.23. The zero-order valence-corrected chi connectivity index (χ0v) is 20.8. The molecule has 0 saturated heterocycles. The molecule has 0 unspecified atom stereocenters. The second-order valence-corrected chi connectivity index (χ2v) is 8.74. The molecule has 0 N–H and O–H groups in total. The molecule has 2 atom stereocenters. The van der Waals surface area contributed by atoms with Crippen molar-refractivity contribution in [1.29, 1.82) is 0 Å². The third kappa shape index (κ3) is 4.07. The summed E-state index contributed by atoms with van der Waals surface area (Å²) in [4.78, 5) is 14.0. The molecule has 0 aromatic heterocycles. The molecule has 0 saturated carbocycles. The molecule has 1 aliphatic carbocycles. The van der Waals surface area contributed by atoms with Crippen LogP contribution in [0.25, 0.3) is 11.1 Å². The van der Waals surface area contributed by atoms with E-state index in [9.17, 15) is 4.79 Å². The molecule has 0 spiro atoms. The van der Waals surface area contributed by atoms with E-state index in [4.69, 9.17) is 18.9 Å². The van der Waals surface area contributed by atoms with E-state index in [1.807, 2.05) is 48.5 Å². The Morgan fingerprint density at radius 3 is 1.72 bits per heavy atom. The normalized spacial score (nSPS) is 16.4. The molecular weight excluding hydrogens is 452 g/mol. The molecule has 5 rings (SSSR count). The number of methoxy groups -OCH3 is 4. The van der Waals surface area contributed by atoms with Crippen LogP contribution in [0.5, 0.6) is 23.0 Å². The molecule has 36 heavy (non-hydrogen) atoms. The quantitative estimate of drug-likeness (QED) is 0.302.